The van der Waals surface area contributed by atoms with Crippen LogP contribution in [0.3, 0.4) is 0 Å². The van der Waals surface area contributed by atoms with Gasteiger partial charge in [0.15, 0.2) is 0 Å². The molecule has 0 fully saturated rings. The predicted molar refractivity (Wildman–Crippen MR) is 83.7 cm³/mol. The number of rotatable bonds is 5. The highest BCUT2D eigenvalue weighted by Gasteiger charge is 2.10. The second kappa shape index (κ2) is 6.05. The van der Waals surface area contributed by atoms with E-state index in [2.05, 4.69) is 31.3 Å². The Balaban J connectivity index is 2.04. The highest BCUT2D eigenvalue weighted by molar-refractivity contribution is 7.11. The summed E-state index contributed by atoms with van der Waals surface area (Å²) in [5, 5.41) is 14.1. The number of nitro groups is 1. The lowest BCUT2D eigenvalue weighted by molar-refractivity contribution is -0.384. The standard InChI is InChI=1S/C15H18N2O2S/c1-10-8-13(17(18)19)5-7-15(10)16-11(2)9-14-6-4-12(3)20-14/h4-8,11,16H,9H2,1-3H3. The molecule has 0 aliphatic heterocycles. The summed E-state index contributed by atoms with van der Waals surface area (Å²) in [6.07, 6.45) is 0.953. The van der Waals surface area contributed by atoms with Gasteiger partial charge in [0.05, 0.1) is 4.92 Å². The van der Waals surface area contributed by atoms with Gasteiger partial charge in [-0.3, -0.25) is 10.1 Å². The molecule has 0 aliphatic rings. The molecule has 1 heterocycles. The maximum atomic E-state index is 10.7. The first-order chi connectivity index (χ1) is 9.45. The van der Waals surface area contributed by atoms with Crippen molar-refractivity contribution in [1.29, 1.82) is 0 Å². The Morgan fingerprint density at radius 1 is 1.30 bits per heavy atom. The third-order valence-corrected chi connectivity index (χ3v) is 4.15. The van der Waals surface area contributed by atoms with E-state index < -0.39 is 0 Å². The molecule has 0 amide bonds. The molecule has 5 heteroatoms. The van der Waals surface area contributed by atoms with Crippen LogP contribution in [-0.4, -0.2) is 11.0 Å². The second-order valence-electron chi connectivity index (χ2n) is 5.02. The van der Waals surface area contributed by atoms with Crippen molar-refractivity contribution in [3.63, 3.8) is 0 Å². The van der Waals surface area contributed by atoms with Crippen molar-refractivity contribution < 1.29 is 4.92 Å². The largest absolute Gasteiger partial charge is 0.382 e. The van der Waals surface area contributed by atoms with E-state index in [1.54, 1.807) is 12.1 Å². The molecule has 106 valence electrons. The lowest BCUT2D eigenvalue weighted by Crippen LogP contribution is -2.18. The molecule has 1 N–H and O–H groups in total. The molecule has 1 aromatic heterocycles. The molecule has 4 nitrogen and oxygen atoms in total. The van der Waals surface area contributed by atoms with E-state index in [0.717, 1.165) is 17.7 Å². The molecule has 1 atom stereocenters. The van der Waals surface area contributed by atoms with Crippen molar-refractivity contribution >= 4 is 22.7 Å². The van der Waals surface area contributed by atoms with E-state index >= 15 is 0 Å². The second-order valence-corrected chi connectivity index (χ2v) is 6.39. The number of nitrogens with one attached hydrogen (secondary N) is 1. The minimum Gasteiger partial charge on any atom is -0.382 e. The highest BCUT2D eigenvalue weighted by Crippen LogP contribution is 2.23. The van der Waals surface area contributed by atoms with Gasteiger partial charge in [-0.1, -0.05) is 0 Å². The zero-order valence-corrected chi connectivity index (χ0v) is 12.7. The molecule has 0 saturated carbocycles. The molecular formula is C15H18N2O2S. The normalized spacial score (nSPS) is 12.2. The first-order valence-corrected chi connectivity index (χ1v) is 7.34. The van der Waals surface area contributed by atoms with Crippen molar-refractivity contribution in [3.8, 4) is 0 Å². The van der Waals surface area contributed by atoms with Crippen molar-refractivity contribution in [3.05, 3.63) is 55.8 Å². The number of anilines is 1. The van der Waals surface area contributed by atoms with Crippen LogP contribution in [0, 0.1) is 24.0 Å². The van der Waals surface area contributed by atoms with Gasteiger partial charge in [0, 0.05) is 40.0 Å². The molecule has 0 saturated heterocycles. The number of hydrogen-bond donors (Lipinski definition) is 1. The van der Waals surface area contributed by atoms with Crippen molar-refractivity contribution in [1.82, 2.24) is 0 Å². The molecule has 0 spiro atoms. The Hall–Kier alpha value is -1.88. The lowest BCUT2D eigenvalue weighted by Gasteiger charge is -2.16. The average molecular weight is 290 g/mol. The molecule has 1 unspecified atom stereocenters. The van der Waals surface area contributed by atoms with Crippen molar-refractivity contribution in [2.45, 2.75) is 33.2 Å². The average Bonchev–Trinajstić information content (AvgIpc) is 2.77. The molecule has 20 heavy (non-hydrogen) atoms. The Kier molecular flexibility index (Phi) is 4.39. The Morgan fingerprint density at radius 2 is 2.05 bits per heavy atom. The number of non-ortho nitro benzene ring substituents is 1. The van der Waals surface area contributed by atoms with Crippen LogP contribution in [0.1, 0.15) is 22.2 Å². The topological polar surface area (TPSA) is 55.2 Å². The number of benzene rings is 1. The number of hydrogen-bond acceptors (Lipinski definition) is 4. The summed E-state index contributed by atoms with van der Waals surface area (Å²) in [6.45, 7) is 6.11. The van der Waals surface area contributed by atoms with E-state index in [0.29, 0.717) is 0 Å². The van der Waals surface area contributed by atoms with E-state index in [-0.39, 0.29) is 16.7 Å². The SMILES string of the molecule is Cc1ccc(CC(C)Nc2ccc([N+](=O)[O-])cc2C)s1. The zero-order chi connectivity index (χ0) is 14.7. The minimum absolute atomic E-state index is 0.134. The summed E-state index contributed by atoms with van der Waals surface area (Å²) in [6, 6.07) is 9.49. The summed E-state index contributed by atoms with van der Waals surface area (Å²) >= 11 is 1.81. The molecule has 2 aromatic rings. The quantitative estimate of drug-likeness (QED) is 0.659. The van der Waals surface area contributed by atoms with Gasteiger partial charge in [0.25, 0.3) is 5.69 Å². The summed E-state index contributed by atoms with van der Waals surface area (Å²) in [5.41, 5.74) is 1.99. The Morgan fingerprint density at radius 3 is 2.60 bits per heavy atom. The van der Waals surface area contributed by atoms with Gasteiger partial charge in [-0.15, -0.1) is 11.3 Å². The number of nitro benzene ring substituents is 1. The highest BCUT2D eigenvalue weighted by atomic mass is 32.1. The molecule has 1 aromatic carbocycles. The smallest absolute Gasteiger partial charge is 0.269 e. The zero-order valence-electron chi connectivity index (χ0n) is 11.8. The van der Waals surface area contributed by atoms with E-state index in [9.17, 15) is 10.1 Å². The fourth-order valence-corrected chi connectivity index (χ4v) is 3.16. The van der Waals surface area contributed by atoms with E-state index in [1.807, 2.05) is 18.3 Å². The molecule has 0 aliphatic carbocycles. The summed E-state index contributed by atoms with van der Waals surface area (Å²) in [5.74, 6) is 0. The Labute approximate surface area is 122 Å². The third kappa shape index (κ3) is 3.57. The third-order valence-electron chi connectivity index (χ3n) is 3.13. The van der Waals surface area contributed by atoms with Gasteiger partial charge in [-0.2, -0.15) is 0 Å². The first kappa shape index (κ1) is 14.5. The summed E-state index contributed by atoms with van der Waals surface area (Å²) < 4.78 is 0. The van der Waals surface area contributed by atoms with Gasteiger partial charge in [-0.25, -0.2) is 0 Å². The molecular weight excluding hydrogens is 272 g/mol. The van der Waals surface area contributed by atoms with Crippen LogP contribution in [0.5, 0.6) is 0 Å². The monoisotopic (exact) mass is 290 g/mol. The fraction of sp³-hybridized carbons (Fsp3) is 0.333. The van der Waals surface area contributed by atoms with Crippen LogP contribution in [0.15, 0.2) is 30.3 Å². The number of nitrogens with zero attached hydrogens (tertiary/aromatic N) is 1. The van der Waals surface area contributed by atoms with Gasteiger partial charge in [-0.05, 0) is 44.5 Å². The fourth-order valence-electron chi connectivity index (χ4n) is 2.14. The van der Waals surface area contributed by atoms with Crippen LogP contribution in [-0.2, 0) is 6.42 Å². The predicted octanol–water partition coefficient (Wildman–Crippen LogP) is 4.32. The van der Waals surface area contributed by atoms with Gasteiger partial charge in [0.2, 0.25) is 0 Å². The lowest BCUT2D eigenvalue weighted by atomic mass is 10.1. The van der Waals surface area contributed by atoms with Crippen LogP contribution in [0.2, 0.25) is 0 Å². The molecule has 0 radical (unpaired) electrons. The van der Waals surface area contributed by atoms with E-state index in [4.69, 9.17) is 0 Å². The van der Waals surface area contributed by atoms with Crippen molar-refractivity contribution in [2.75, 3.05) is 5.32 Å². The van der Waals surface area contributed by atoms with Crippen LogP contribution in [0.4, 0.5) is 11.4 Å². The molecule has 0 bridgehead atoms. The van der Waals surface area contributed by atoms with Crippen LogP contribution >= 0.6 is 11.3 Å². The summed E-state index contributed by atoms with van der Waals surface area (Å²) in [7, 11) is 0. The Bertz CT molecular complexity index is 622. The van der Waals surface area contributed by atoms with E-state index in [1.165, 1.54) is 15.8 Å². The van der Waals surface area contributed by atoms with Gasteiger partial charge in [0.1, 0.15) is 0 Å². The summed E-state index contributed by atoms with van der Waals surface area (Å²) in [4.78, 5) is 13.0. The van der Waals surface area contributed by atoms with Crippen LogP contribution < -0.4 is 5.32 Å². The van der Waals surface area contributed by atoms with Gasteiger partial charge < -0.3 is 5.32 Å². The molecule has 2 rings (SSSR count). The number of thiophene rings is 1. The minimum atomic E-state index is -0.366. The van der Waals surface area contributed by atoms with Gasteiger partial charge >= 0.3 is 0 Å². The maximum Gasteiger partial charge on any atom is 0.269 e. The number of aryl methyl sites for hydroxylation is 2. The first-order valence-electron chi connectivity index (χ1n) is 6.52. The van der Waals surface area contributed by atoms with Crippen LogP contribution in [0.25, 0.3) is 0 Å². The van der Waals surface area contributed by atoms with Crippen molar-refractivity contribution in [2.24, 2.45) is 0 Å². The maximum absolute atomic E-state index is 10.7.